The van der Waals surface area contributed by atoms with E-state index < -0.39 is 0 Å². The molecule has 7 nitrogen and oxygen atoms in total. The number of nitrogens with zero attached hydrogens (tertiary/aromatic N) is 3. The molecule has 21 heavy (non-hydrogen) atoms. The van der Waals surface area contributed by atoms with Crippen molar-refractivity contribution in [3.63, 3.8) is 0 Å². The van der Waals surface area contributed by atoms with Crippen molar-refractivity contribution >= 4 is 22.6 Å². The van der Waals surface area contributed by atoms with Crippen LogP contribution >= 0.6 is 0 Å². The highest BCUT2D eigenvalue weighted by atomic mass is 16.5. The van der Waals surface area contributed by atoms with Gasteiger partial charge in [-0.05, 0) is 12.1 Å². The van der Waals surface area contributed by atoms with Crippen LogP contribution in [0, 0.1) is 0 Å². The molecule has 2 heterocycles. The molecule has 1 fully saturated rings. The van der Waals surface area contributed by atoms with E-state index in [1.165, 1.54) is 6.33 Å². The van der Waals surface area contributed by atoms with Crippen molar-refractivity contribution in [1.82, 2.24) is 20.3 Å². The number of carbonyl (C=O) groups is 1. The zero-order chi connectivity index (χ0) is 14.5. The summed E-state index contributed by atoms with van der Waals surface area (Å²) in [6.07, 6.45) is 1.47. The van der Waals surface area contributed by atoms with Crippen molar-refractivity contribution < 1.29 is 9.53 Å². The fourth-order valence-electron chi connectivity index (χ4n) is 2.24. The number of fused-ring (bicyclic) bond motifs is 1. The summed E-state index contributed by atoms with van der Waals surface area (Å²) in [5.74, 6) is 0.496. The van der Waals surface area contributed by atoms with E-state index in [2.05, 4.69) is 25.7 Å². The molecule has 7 heteroatoms. The second-order valence-corrected chi connectivity index (χ2v) is 4.80. The Kier molecular flexibility index (Phi) is 4.23. The van der Waals surface area contributed by atoms with E-state index in [4.69, 9.17) is 4.74 Å². The summed E-state index contributed by atoms with van der Waals surface area (Å²) in [6, 6.07) is 7.63. The van der Waals surface area contributed by atoms with Crippen LogP contribution in [0.25, 0.3) is 10.9 Å². The van der Waals surface area contributed by atoms with E-state index in [0.717, 1.165) is 24.0 Å². The summed E-state index contributed by atoms with van der Waals surface area (Å²) in [6.45, 7) is 3.27. The first-order valence-corrected chi connectivity index (χ1v) is 6.87. The monoisotopic (exact) mass is 287 g/mol. The van der Waals surface area contributed by atoms with E-state index in [0.29, 0.717) is 25.6 Å². The Bertz CT molecular complexity index is 622. The molecule has 3 rings (SSSR count). The van der Waals surface area contributed by atoms with Gasteiger partial charge in [0.25, 0.3) is 5.91 Å². The number of morpholine rings is 1. The van der Waals surface area contributed by atoms with Crippen LogP contribution in [0.2, 0.25) is 0 Å². The molecule has 110 valence electrons. The van der Waals surface area contributed by atoms with Gasteiger partial charge in [-0.15, -0.1) is 0 Å². The zero-order valence-corrected chi connectivity index (χ0v) is 11.6. The molecule has 0 atom stereocenters. The number of aromatic nitrogens is 2. The van der Waals surface area contributed by atoms with Crippen molar-refractivity contribution in [2.24, 2.45) is 0 Å². The van der Waals surface area contributed by atoms with E-state index in [9.17, 15) is 4.79 Å². The highest BCUT2D eigenvalue weighted by Crippen LogP contribution is 2.17. The minimum Gasteiger partial charge on any atom is -0.379 e. The molecule has 0 radical (unpaired) electrons. The van der Waals surface area contributed by atoms with Gasteiger partial charge < -0.3 is 4.74 Å². The van der Waals surface area contributed by atoms with Crippen molar-refractivity contribution in [2.75, 3.05) is 38.3 Å². The van der Waals surface area contributed by atoms with Crippen LogP contribution in [-0.2, 0) is 9.53 Å². The molecule has 0 bridgehead atoms. The molecule has 1 aromatic heterocycles. The zero-order valence-electron chi connectivity index (χ0n) is 11.6. The average Bonchev–Trinajstić information content (AvgIpc) is 2.54. The second-order valence-electron chi connectivity index (χ2n) is 4.80. The third kappa shape index (κ3) is 3.45. The number of ether oxygens (including phenoxy) is 1. The van der Waals surface area contributed by atoms with E-state index >= 15 is 0 Å². The number of hydrogen-bond donors (Lipinski definition) is 2. The lowest BCUT2D eigenvalue weighted by Crippen LogP contribution is -2.44. The van der Waals surface area contributed by atoms with Crippen molar-refractivity contribution in [3.8, 4) is 0 Å². The lowest BCUT2D eigenvalue weighted by atomic mass is 10.2. The number of para-hydroxylation sites is 1. The minimum atomic E-state index is -0.0976. The summed E-state index contributed by atoms with van der Waals surface area (Å²) in [7, 11) is 0. The Balaban J connectivity index is 1.59. The molecule has 1 saturated heterocycles. The van der Waals surface area contributed by atoms with Crippen LogP contribution in [0.5, 0.6) is 0 Å². The first kappa shape index (κ1) is 13.7. The summed E-state index contributed by atoms with van der Waals surface area (Å²) >= 11 is 0. The van der Waals surface area contributed by atoms with Gasteiger partial charge >= 0.3 is 0 Å². The minimum absolute atomic E-state index is 0.0976. The largest absolute Gasteiger partial charge is 0.379 e. The molecule has 0 unspecified atom stereocenters. The predicted molar refractivity (Wildman–Crippen MR) is 78.6 cm³/mol. The number of benzene rings is 1. The highest BCUT2D eigenvalue weighted by Gasteiger charge is 2.14. The Hall–Kier alpha value is -2.25. The molecule has 0 aliphatic carbocycles. The average molecular weight is 287 g/mol. The lowest BCUT2D eigenvalue weighted by Gasteiger charge is -2.25. The summed E-state index contributed by atoms with van der Waals surface area (Å²) in [4.78, 5) is 22.3. The van der Waals surface area contributed by atoms with Crippen LogP contribution in [0.4, 0.5) is 5.82 Å². The van der Waals surface area contributed by atoms with Crippen LogP contribution < -0.4 is 10.9 Å². The van der Waals surface area contributed by atoms with Gasteiger partial charge in [-0.1, -0.05) is 12.1 Å². The first-order chi connectivity index (χ1) is 10.3. The van der Waals surface area contributed by atoms with Crippen molar-refractivity contribution in [3.05, 3.63) is 30.6 Å². The standard InChI is InChI=1S/C14H17N5O2/c20-13(9-19-5-7-21-8-6-19)17-18-14-11-3-1-2-4-12(11)15-10-16-14/h1-4,10H,5-9H2,(H,17,20)(H,15,16,18). The Morgan fingerprint density at radius 1 is 1.24 bits per heavy atom. The fraction of sp³-hybridized carbons (Fsp3) is 0.357. The molecular weight excluding hydrogens is 270 g/mol. The van der Waals surface area contributed by atoms with Crippen LogP contribution in [0.3, 0.4) is 0 Å². The summed E-state index contributed by atoms with van der Waals surface area (Å²) < 4.78 is 5.25. The predicted octanol–water partition coefficient (Wildman–Crippen LogP) is 0.405. The van der Waals surface area contributed by atoms with Gasteiger partial charge in [0, 0.05) is 18.5 Å². The maximum absolute atomic E-state index is 11.9. The molecule has 0 spiro atoms. The Labute approximate surface area is 122 Å². The number of nitrogens with one attached hydrogen (secondary N) is 2. The van der Waals surface area contributed by atoms with Crippen LogP contribution in [-0.4, -0.2) is 53.6 Å². The van der Waals surface area contributed by atoms with Gasteiger partial charge in [0.15, 0.2) is 5.82 Å². The molecule has 2 aromatic rings. The van der Waals surface area contributed by atoms with Gasteiger partial charge in [-0.3, -0.25) is 20.5 Å². The quantitative estimate of drug-likeness (QED) is 0.793. The van der Waals surface area contributed by atoms with Gasteiger partial charge in [-0.2, -0.15) is 0 Å². The Morgan fingerprint density at radius 2 is 2.05 bits per heavy atom. The normalized spacial score (nSPS) is 15.8. The number of anilines is 1. The highest BCUT2D eigenvalue weighted by molar-refractivity contribution is 5.89. The lowest BCUT2D eigenvalue weighted by molar-refractivity contribution is -0.122. The second kappa shape index (κ2) is 6.47. The first-order valence-electron chi connectivity index (χ1n) is 6.87. The third-order valence-corrected chi connectivity index (χ3v) is 3.33. The number of carbonyl (C=O) groups excluding carboxylic acids is 1. The number of rotatable bonds is 4. The van der Waals surface area contributed by atoms with E-state index in [1.54, 1.807) is 0 Å². The molecule has 1 aromatic carbocycles. The smallest absolute Gasteiger partial charge is 0.252 e. The molecule has 1 aliphatic heterocycles. The van der Waals surface area contributed by atoms with Crippen LogP contribution in [0.15, 0.2) is 30.6 Å². The summed E-state index contributed by atoms with van der Waals surface area (Å²) in [5.41, 5.74) is 6.38. The van der Waals surface area contributed by atoms with Gasteiger partial charge in [0.2, 0.25) is 0 Å². The maximum Gasteiger partial charge on any atom is 0.252 e. The van der Waals surface area contributed by atoms with Gasteiger partial charge in [-0.25, -0.2) is 9.97 Å². The van der Waals surface area contributed by atoms with E-state index in [-0.39, 0.29) is 5.91 Å². The molecule has 2 N–H and O–H groups in total. The molecule has 0 saturated carbocycles. The Morgan fingerprint density at radius 3 is 2.90 bits per heavy atom. The number of hydrazine groups is 1. The van der Waals surface area contributed by atoms with Crippen molar-refractivity contribution in [2.45, 2.75) is 0 Å². The topological polar surface area (TPSA) is 79.4 Å². The maximum atomic E-state index is 11.9. The van der Waals surface area contributed by atoms with Gasteiger partial charge in [0.05, 0.1) is 25.3 Å². The SMILES string of the molecule is O=C(CN1CCOCC1)NNc1ncnc2ccccc12. The van der Waals surface area contributed by atoms with Crippen LogP contribution in [0.1, 0.15) is 0 Å². The molecule has 1 aliphatic rings. The third-order valence-electron chi connectivity index (χ3n) is 3.33. The van der Waals surface area contributed by atoms with Gasteiger partial charge in [0.1, 0.15) is 6.33 Å². The summed E-state index contributed by atoms with van der Waals surface area (Å²) in [5, 5.41) is 0.867. The fourth-order valence-corrected chi connectivity index (χ4v) is 2.24. The van der Waals surface area contributed by atoms with Crippen molar-refractivity contribution in [1.29, 1.82) is 0 Å². The molecular formula is C14H17N5O2. The number of hydrogen-bond acceptors (Lipinski definition) is 6. The van der Waals surface area contributed by atoms with E-state index in [1.807, 2.05) is 24.3 Å². The number of amides is 1. The molecule has 1 amide bonds.